The van der Waals surface area contributed by atoms with E-state index in [1.807, 2.05) is 29.2 Å². The molecule has 1 fully saturated rings. The largest absolute Gasteiger partial charge is 0.339 e. The summed E-state index contributed by atoms with van der Waals surface area (Å²) in [5.41, 5.74) is 1.39. The van der Waals surface area contributed by atoms with Gasteiger partial charge in [0.2, 0.25) is 11.7 Å². The second-order valence-corrected chi connectivity index (χ2v) is 7.36. The molecule has 0 unspecified atom stereocenters. The Bertz CT molecular complexity index is 950. The molecule has 0 saturated carbocycles. The number of halogens is 2. The summed E-state index contributed by atoms with van der Waals surface area (Å²) in [6.45, 7) is 1.28. The number of hydrogen-bond acceptors (Lipinski definition) is 4. The Balaban J connectivity index is 1.42. The Morgan fingerprint density at radius 3 is 2.52 bits per heavy atom. The summed E-state index contributed by atoms with van der Waals surface area (Å²) < 4.78 is 19.3. The van der Waals surface area contributed by atoms with Gasteiger partial charge in [-0.2, -0.15) is 4.98 Å². The summed E-state index contributed by atoms with van der Waals surface area (Å²) in [6.07, 6.45) is 1.53. The Hall–Kier alpha value is -2.54. The molecule has 2 aromatic carbocycles. The van der Waals surface area contributed by atoms with Gasteiger partial charge < -0.3 is 9.42 Å². The first-order valence-electron chi connectivity index (χ1n) is 8.75. The van der Waals surface area contributed by atoms with Crippen LogP contribution in [0, 0.1) is 5.82 Å². The fourth-order valence-electron chi connectivity index (χ4n) is 3.25. The van der Waals surface area contributed by atoms with Gasteiger partial charge in [-0.15, -0.1) is 0 Å². The van der Waals surface area contributed by atoms with Gasteiger partial charge in [0.1, 0.15) is 5.82 Å². The highest BCUT2D eigenvalue weighted by Crippen LogP contribution is 2.30. The van der Waals surface area contributed by atoms with Crippen molar-refractivity contribution in [3.63, 3.8) is 0 Å². The molecule has 0 aliphatic carbocycles. The van der Waals surface area contributed by atoms with Gasteiger partial charge in [0.05, 0.1) is 5.56 Å². The van der Waals surface area contributed by atoms with Crippen LogP contribution in [-0.4, -0.2) is 34.0 Å². The minimum atomic E-state index is -0.301. The number of rotatable bonds is 3. The minimum Gasteiger partial charge on any atom is -0.339 e. The molecule has 2 heterocycles. The van der Waals surface area contributed by atoms with Crippen molar-refractivity contribution in [1.82, 2.24) is 15.0 Å². The highest BCUT2D eigenvalue weighted by molar-refractivity contribution is 9.10. The first-order chi connectivity index (χ1) is 13.1. The van der Waals surface area contributed by atoms with Crippen LogP contribution < -0.4 is 0 Å². The van der Waals surface area contributed by atoms with Gasteiger partial charge in [-0.3, -0.25) is 4.79 Å². The van der Waals surface area contributed by atoms with E-state index in [2.05, 4.69) is 26.1 Å². The topological polar surface area (TPSA) is 59.2 Å². The van der Waals surface area contributed by atoms with Crippen molar-refractivity contribution in [2.75, 3.05) is 13.1 Å². The van der Waals surface area contributed by atoms with E-state index in [9.17, 15) is 9.18 Å². The van der Waals surface area contributed by atoms with Gasteiger partial charge in [-0.25, -0.2) is 4.39 Å². The van der Waals surface area contributed by atoms with Gasteiger partial charge in [-0.1, -0.05) is 17.3 Å². The number of aromatic nitrogens is 2. The molecule has 3 aromatic rings. The lowest BCUT2D eigenvalue weighted by atomic mass is 9.96. The molecule has 5 nitrogen and oxygen atoms in total. The molecule has 1 amide bonds. The zero-order valence-electron chi connectivity index (χ0n) is 14.4. The van der Waals surface area contributed by atoms with Crippen molar-refractivity contribution in [3.8, 4) is 11.4 Å². The third kappa shape index (κ3) is 3.78. The van der Waals surface area contributed by atoms with Gasteiger partial charge in [0.15, 0.2) is 0 Å². The van der Waals surface area contributed by atoms with E-state index in [1.54, 1.807) is 12.1 Å². The van der Waals surface area contributed by atoms with Crippen LogP contribution in [0.25, 0.3) is 11.4 Å². The summed E-state index contributed by atoms with van der Waals surface area (Å²) in [4.78, 5) is 19.0. The first-order valence-corrected chi connectivity index (χ1v) is 9.54. The number of nitrogens with zero attached hydrogens (tertiary/aromatic N) is 3. The molecule has 138 valence electrons. The molecule has 1 aromatic heterocycles. The maximum Gasteiger partial charge on any atom is 0.254 e. The Morgan fingerprint density at radius 2 is 1.81 bits per heavy atom. The van der Waals surface area contributed by atoms with Crippen molar-refractivity contribution in [2.45, 2.75) is 18.8 Å². The SMILES string of the molecule is O=C(c1ccccc1Br)N1CCC(c2nc(-c3ccc(F)cc3)no2)CC1. The standard InChI is InChI=1S/C20H17BrFN3O2/c21-17-4-2-1-3-16(17)20(26)25-11-9-14(10-12-25)19-23-18(24-27-19)13-5-7-15(22)8-6-13/h1-8,14H,9-12H2. The van der Waals surface area contributed by atoms with E-state index >= 15 is 0 Å². The molecule has 7 heteroatoms. The molecule has 0 bridgehead atoms. The van der Waals surface area contributed by atoms with Crippen LogP contribution in [-0.2, 0) is 0 Å². The zero-order valence-corrected chi connectivity index (χ0v) is 16.0. The van der Waals surface area contributed by atoms with E-state index in [4.69, 9.17) is 4.52 Å². The molecule has 4 rings (SSSR count). The maximum absolute atomic E-state index is 13.0. The summed E-state index contributed by atoms with van der Waals surface area (Å²) >= 11 is 3.44. The van der Waals surface area contributed by atoms with E-state index < -0.39 is 0 Å². The predicted molar refractivity (Wildman–Crippen MR) is 102 cm³/mol. The number of carbonyl (C=O) groups excluding carboxylic acids is 1. The Labute approximate surface area is 164 Å². The van der Waals surface area contributed by atoms with Gasteiger partial charge in [0, 0.05) is 29.0 Å². The van der Waals surface area contributed by atoms with E-state index in [-0.39, 0.29) is 17.6 Å². The number of hydrogen-bond donors (Lipinski definition) is 0. The molecule has 27 heavy (non-hydrogen) atoms. The third-order valence-electron chi connectivity index (χ3n) is 4.78. The lowest BCUT2D eigenvalue weighted by molar-refractivity contribution is 0.0703. The quantitative estimate of drug-likeness (QED) is 0.607. The second kappa shape index (κ2) is 7.60. The number of piperidine rings is 1. The van der Waals surface area contributed by atoms with Crippen LogP contribution in [0.2, 0.25) is 0 Å². The lowest BCUT2D eigenvalue weighted by Crippen LogP contribution is -2.38. The van der Waals surface area contributed by atoms with Crippen molar-refractivity contribution in [1.29, 1.82) is 0 Å². The van der Waals surface area contributed by atoms with Gasteiger partial charge in [-0.05, 0) is 65.2 Å². The summed E-state index contributed by atoms with van der Waals surface area (Å²) in [6, 6.07) is 13.4. The summed E-state index contributed by atoms with van der Waals surface area (Å²) in [5, 5.41) is 4.01. The fourth-order valence-corrected chi connectivity index (χ4v) is 3.71. The first kappa shape index (κ1) is 17.9. The molecule has 0 radical (unpaired) electrons. The Morgan fingerprint density at radius 1 is 1.11 bits per heavy atom. The van der Waals surface area contributed by atoms with Crippen molar-refractivity contribution < 1.29 is 13.7 Å². The zero-order chi connectivity index (χ0) is 18.8. The van der Waals surface area contributed by atoms with Crippen molar-refractivity contribution in [2.24, 2.45) is 0 Å². The number of amides is 1. The van der Waals surface area contributed by atoms with E-state index in [1.165, 1.54) is 12.1 Å². The second-order valence-electron chi connectivity index (χ2n) is 6.51. The Kier molecular flexibility index (Phi) is 5.03. The fraction of sp³-hybridized carbons (Fsp3) is 0.250. The molecule has 0 spiro atoms. The molecule has 1 aliphatic heterocycles. The van der Waals surface area contributed by atoms with Crippen molar-refractivity contribution in [3.05, 3.63) is 70.3 Å². The summed E-state index contributed by atoms with van der Waals surface area (Å²) in [5.74, 6) is 0.872. The van der Waals surface area contributed by atoms with Crippen LogP contribution in [0.1, 0.15) is 35.0 Å². The van der Waals surface area contributed by atoms with Crippen LogP contribution in [0.3, 0.4) is 0 Å². The highest BCUT2D eigenvalue weighted by Gasteiger charge is 2.28. The number of likely N-dealkylation sites (tertiary alicyclic amines) is 1. The monoisotopic (exact) mass is 429 g/mol. The smallest absolute Gasteiger partial charge is 0.254 e. The number of carbonyl (C=O) groups is 1. The molecular formula is C20H17BrFN3O2. The third-order valence-corrected chi connectivity index (χ3v) is 5.47. The van der Waals surface area contributed by atoms with E-state index in [0.29, 0.717) is 35.9 Å². The van der Waals surface area contributed by atoms with Crippen LogP contribution in [0.4, 0.5) is 4.39 Å². The average Bonchev–Trinajstić information content (AvgIpc) is 3.19. The van der Waals surface area contributed by atoms with Crippen LogP contribution >= 0.6 is 15.9 Å². The van der Waals surface area contributed by atoms with Gasteiger partial charge >= 0.3 is 0 Å². The molecule has 1 aliphatic rings. The highest BCUT2D eigenvalue weighted by atomic mass is 79.9. The lowest BCUT2D eigenvalue weighted by Gasteiger charge is -2.30. The molecule has 0 atom stereocenters. The molecule has 0 N–H and O–H groups in total. The number of benzene rings is 2. The molecular weight excluding hydrogens is 413 g/mol. The minimum absolute atomic E-state index is 0.0263. The predicted octanol–water partition coefficient (Wildman–Crippen LogP) is 4.66. The van der Waals surface area contributed by atoms with Crippen LogP contribution in [0.15, 0.2) is 57.5 Å². The summed E-state index contributed by atoms with van der Waals surface area (Å²) in [7, 11) is 0. The van der Waals surface area contributed by atoms with Gasteiger partial charge in [0.25, 0.3) is 5.91 Å². The molecule has 1 saturated heterocycles. The maximum atomic E-state index is 13.0. The normalized spacial score (nSPS) is 15.1. The van der Waals surface area contributed by atoms with Crippen LogP contribution in [0.5, 0.6) is 0 Å². The average molecular weight is 430 g/mol. The van der Waals surface area contributed by atoms with Crippen molar-refractivity contribution >= 4 is 21.8 Å². The van der Waals surface area contributed by atoms with E-state index in [0.717, 1.165) is 17.3 Å².